The molecule has 4 heteroatoms. The molecule has 1 atom stereocenters. The van der Waals surface area contributed by atoms with Crippen LogP contribution in [-0.4, -0.2) is 27.2 Å². The molecule has 1 fully saturated rings. The second kappa shape index (κ2) is 4.53. The lowest BCUT2D eigenvalue weighted by atomic mass is 10.1. The summed E-state index contributed by atoms with van der Waals surface area (Å²) in [6, 6.07) is 3.78. The number of thioether (sulfide) groups is 1. The van der Waals surface area contributed by atoms with Gasteiger partial charge < -0.3 is 4.40 Å². The SMILES string of the molecule is O=Cc1ccc2cnc(CC3CCSC3)n2c1. The van der Waals surface area contributed by atoms with Gasteiger partial charge in [0.05, 0.1) is 11.7 Å². The maximum Gasteiger partial charge on any atom is 0.151 e. The minimum Gasteiger partial charge on any atom is -0.303 e. The number of carbonyl (C=O) groups excluding carboxylic acids is 1. The lowest BCUT2D eigenvalue weighted by Crippen LogP contribution is -2.06. The number of carbonyl (C=O) groups is 1. The van der Waals surface area contributed by atoms with Gasteiger partial charge in [0.15, 0.2) is 6.29 Å². The largest absolute Gasteiger partial charge is 0.303 e. The number of aromatic nitrogens is 2. The molecule has 2 aromatic rings. The molecule has 0 saturated carbocycles. The highest BCUT2D eigenvalue weighted by Crippen LogP contribution is 2.26. The van der Waals surface area contributed by atoms with Gasteiger partial charge in [-0.1, -0.05) is 0 Å². The van der Waals surface area contributed by atoms with E-state index in [9.17, 15) is 4.79 Å². The molecule has 2 aromatic heterocycles. The molecule has 1 aliphatic heterocycles. The van der Waals surface area contributed by atoms with Crippen molar-refractivity contribution < 1.29 is 4.79 Å². The molecule has 0 amide bonds. The van der Waals surface area contributed by atoms with Crippen molar-refractivity contribution in [3.05, 3.63) is 35.9 Å². The van der Waals surface area contributed by atoms with Gasteiger partial charge in [-0.3, -0.25) is 4.79 Å². The van der Waals surface area contributed by atoms with Crippen LogP contribution in [0.5, 0.6) is 0 Å². The Kier molecular flexibility index (Phi) is 2.89. The van der Waals surface area contributed by atoms with Gasteiger partial charge in [0.25, 0.3) is 0 Å². The van der Waals surface area contributed by atoms with Gasteiger partial charge in [-0.25, -0.2) is 4.98 Å². The van der Waals surface area contributed by atoms with Crippen molar-refractivity contribution in [3.8, 4) is 0 Å². The lowest BCUT2D eigenvalue weighted by molar-refractivity contribution is 0.112. The van der Waals surface area contributed by atoms with Crippen molar-refractivity contribution in [2.45, 2.75) is 12.8 Å². The van der Waals surface area contributed by atoms with E-state index in [0.717, 1.165) is 30.0 Å². The Morgan fingerprint density at radius 3 is 3.24 bits per heavy atom. The smallest absolute Gasteiger partial charge is 0.151 e. The molecule has 0 bridgehead atoms. The number of pyridine rings is 1. The standard InChI is InChI=1S/C13H14N2OS/c16-8-11-1-2-12-6-14-13(15(12)7-11)5-10-3-4-17-9-10/h1-2,6-8,10H,3-5,9H2. The van der Waals surface area contributed by atoms with E-state index in [1.807, 2.05) is 40.7 Å². The van der Waals surface area contributed by atoms with Crippen LogP contribution in [0.15, 0.2) is 24.5 Å². The average molecular weight is 246 g/mol. The van der Waals surface area contributed by atoms with Crippen molar-refractivity contribution in [3.63, 3.8) is 0 Å². The first-order valence-electron chi connectivity index (χ1n) is 5.86. The Balaban J connectivity index is 1.94. The summed E-state index contributed by atoms with van der Waals surface area (Å²) in [4.78, 5) is 15.3. The summed E-state index contributed by atoms with van der Waals surface area (Å²) in [6.07, 6.45) is 6.95. The van der Waals surface area contributed by atoms with Crippen molar-refractivity contribution in [2.75, 3.05) is 11.5 Å². The predicted octanol–water partition coefficient (Wildman–Crippen LogP) is 2.44. The summed E-state index contributed by atoms with van der Waals surface area (Å²) in [5.74, 6) is 4.33. The Hall–Kier alpha value is -1.29. The van der Waals surface area contributed by atoms with Gasteiger partial charge in [-0.2, -0.15) is 11.8 Å². The van der Waals surface area contributed by atoms with Gasteiger partial charge in [0.1, 0.15) is 5.82 Å². The number of nitrogens with zero attached hydrogens (tertiary/aromatic N) is 2. The second-order valence-electron chi connectivity index (χ2n) is 4.48. The summed E-state index contributed by atoms with van der Waals surface area (Å²) < 4.78 is 2.05. The molecule has 88 valence electrons. The van der Waals surface area contributed by atoms with E-state index in [4.69, 9.17) is 0 Å². The average Bonchev–Trinajstić information content (AvgIpc) is 2.99. The van der Waals surface area contributed by atoms with E-state index < -0.39 is 0 Å². The van der Waals surface area contributed by atoms with E-state index >= 15 is 0 Å². The number of imidazole rings is 1. The maximum absolute atomic E-state index is 10.8. The van der Waals surface area contributed by atoms with Crippen LogP contribution in [0.1, 0.15) is 22.6 Å². The molecule has 0 spiro atoms. The highest BCUT2D eigenvalue weighted by Gasteiger charge is 2.18. The third-order valence-corrected chi connectivity index (χ3v) is 4.49. The third-order valence-electron chi connectivity index (χ3n) is 3.26. The molecule has 0 N–H and O–H groups in total. The first-order chi connectivity index (χ1) is 8.36. The van der Waals surface area contributed by atoms with E-state index in [-0.39, 0.29) is 0 Å². The minimum atomic E-state index is 0.706. The summed E-state index contributed by atoms with van der Waals surface area (Å²) in [5, 5.41) is 0. The van der Waals surface area contributed by atoms with Crippen LogP contribution < -0.4 is 0 Å². The van der Waals surface area contributed by atoms with Crippen LogP contribution in [0, 0.1) is 5.92 Å². The first kappa shape index (κ1) is 10.8. The van der Waals surface area contributed by atoms with Gasteiger partial charge in [-0.05, 0) is 36.0 Å². The van der Waals surface area contributed by atoms with Crippen molar-refractivity contribution >= 4 is 23.6 Å². The minimum absolute atomic E-state index is 0.706. The normalized spacial score (nSPS) is 19.9. The van der Waals surface area contributed by atoms with Gasteiger partial charge in [0, 0.05) is 18.2 Å². The van der Waals surface area contributed by atoms with Crippen LogP contribution in [-0.2, 0) is 6.42 Å². The molecule has 1 saturated heterocycles. The fourth-order valence-corrected chi connectivity index (χ4v) is 3.57. The molecule has 0 aromatic carbocycles. The van der Waals surface area contributed by atoms with Gasteiger partial charge in [-0.15, -0.1) is 0 Å². The highest BCUT2D eigenvalue weighted by atomic mass is 32.2. The zero-order chi connectivity index (χ0) is 11.7. The summed E-state index contributed by atoms with van der Waals surface area (Å²) in [7, 11) is 0. The number of fused-ring (bicyclic) bond motifs is 1. The molecule has 3 heterocycles. The second-order valence-corrected chi connectivity index (χ2v) is 5.63. The molecule has 3 nitrogen and oxygen atoms in total. The Labute approximate surface area is 104 Å². The summed E-state index contributed by atoms with van der Waals surface area (Å²) in [5.41, 5.74) is 1.77. The Bertz CT molecular complexity index is 543. The third kappa shape index (κ3) is 2.09. The van der Waals surface area contributed by atoms with E-state index in [2.05, 4.69) is 4.98 Å². The molecule has 0 radical (unpaired) electrons. The van der Waals surface area contributed by atoms with Crippen LogP contribution in [0.25, 0.3) is 5.52 Å². The van der Waals surface area contributed by atoms with Crippen LogP contribution in [0.3, 0.4) is 0 Å². The van der Waals surface area contributed by atoms with E-state index in [0.29, 0.717) is 5.56 Å². The zero-order valence-electron chi connectivity index (χ0n) is 9.50. The molecular weight excluding hydrogens is 232 g/mol. The zero-order valence-corrected chi connectivity index (χ0v) is 10.3. The fourth-order valence-electron chi connectivity index (χ4n) is 2.28. The Morgan fingerprint density at radius 2 is 2.47 bits per heavy atom. The van der Waals surface area contributed by atoms with Gasteiger partial charge >= 0.3 is 0 Å². The van der Waals surface area contributed by atoms with Crippen LogP contribution >= 0.6 is 11.8 Å². The fraction of sp³-hybridized carbons (Fsp3) is 0.385. The quantitative estimate of drug-likeness (QED) is 0.780. The van der Waals surface area contributed by atoms with Crippen LogP contribution in [0.4, 0.5) is 0 Å². The number of aldehydes is 1. The maximum atomic E-state index is 10.8. The molecule has 0 aliphatic carbocycles. The number of hydrogen-bond acceptors (Lipinski definition) is 3. The molecule has 17 heavy (non-hydrogen) atoms. The summed E-state index contributed by atoms with van der Waals surface area (Å²) in [6.45, 7) is 0. The monoisotopic (exact) mass is 246 g/mol. The van der Waals surface area contributed by atoms with Crippen molar-refractivity contribution in [2.24, 2.45) is 5.92 Å². The Morgan fingerprint density at radius 1 is 1.53 bits per heavy atom. The molecule has 1 aliphatic rings. The lowest BCUT2D eigenvalue weighted by Gasteiger charge is -2.07. The molecular formula is C13H14N2OS. The van der Waals surface area contributed by atoms with Crippen LogP contribution in [0.2, 0.25) is 0 Å². The van der Waals surface area contributed by atoms with E-state index in [1.54, 1.807) is 0 Å². The van der Waals surface area contributed by atoms with Crippen molar-refractivity contribution in [1.29, 1.82) is 0 Å². The molecule has 3 rings (SSSR count). The highest BCUT2D eigenvalue weighted by molar-refractivity contribution is 7.99. The van der Waals surface area contributed by atoms with Crippen molar-refractivity contribution in [1.82, 2.24) is 9.38 Å². The van der Waals surface area contributed by atoms with E-state index in [1.165, 1.54) is 17.9 Å². The number of rotatable bonds is 3. The van der Waals surface area contributed by atoms with Gasteiger partial charge in [0.2, 0.25) is 0 Å². The summed E-state index contributed by atoms with van der Waals surface area (Å²) >= 11 is 2.02. The molecule has 1 unspecified atom stereocenters. The predicted molar refractivity (Wildman–Crippen MR) is 69.7 cm³/mol. The number of hydrogen-bond donors (Lipinski definition) is 0. The topological polar surface area (TPSA) is 34.4 Å². The first-order valence-corrected chi connectivity index (χ1v) is 7.01.